The average molecular weight is 399 g/mol. The van der Waals surface area contributed by atoms with Gasteiger partial charge in [-0.25, -0.2) is 0 Å². The molecule has 1 saturated carbocycles. The first kappa shape index (κ1) is 20.5. The van der Waals surface area contributed by atoms with Gasteiger partial charge in [0.15, 0.2) is 5.96 Å². The average Bonchev–Trinajstić information content (AvgIpc) is 2.78. The van der Waals surface area contributed by atoms with Crippen molar-refractivity contribution in [3.8, 4) is 5.75 Å². The molecule has 160 valence electrons. The van der Waals surface area contributed by atoms with Gasteiger partial charge in [0.1, 0.15) is 5.75 Å². The highest BCUT2D eigenvalue weighted by Gasteiger charge is 2.26. The fourth-order valence-electron chi connectivity index (χ4n) is 5.50. The lowest BCUT2D eigenvalue weighted by Crippen LogP contribution is -2.50. The molecule has 3 aliphatic rings. The van der Waals surface area contributed by atoms with Gasteiger partial charge in [-0.3, -0.25) is 4.99 Å². The van der Waals surface area contributed by atoms with Crippen LogP contribution < -0.4 is 10.6 Å². The molecule has 2 aliphatic carbocycles. The summed E-state index contributed by atoms with van der Waals surface area (Å²) in [5, 5.41) is 17.5. The molecule has 1 aromatic carbocycles. The predicted octanol–water partition coefficient (Wildman–Crippen LogP) is 3.73. The second-order valence-corrected chi connectivity index (χ2v) is 9.08. The number of likely N-dealkylation sites (tertiary alicyclic amines) is 1. The Morgan fingerprint density at radius 3 is 2.55 bits per heavy atom. The first-order valence-electron chi connectivity index (χ1n) is 11.8. The van der Waals surface area contributed by atoms with Crippen LogP contribution in [0.4, 0.5) is 0 Å². The van der Waals surface area contributed by atoms with Crippen LogP contribution in [0.2, 0.25) is 0 Å². The maximum Gasteiger partial charge on any atom is 0.191 e. The van der Waals surface area contributed by atoms with Gasteiger partial charge in [-0.2, -0.15) is 0 Å². The highest BCUT2D eigenvalue weighted by Crippen LogP contribution is 2.30. The second kappa shape index (κ2) is 9.84. The molecule has 0 unspecified atom stereocenters. The van der Waals surface area contributed by atoms with E-state index in [-0.39, 0.29) is 0 Å². The zero-order valence-electron chi connectivity index (χ0n) is 18.1. The molecule has 1 aliphatic heterocycles. The number of aryl methyl sites for hydroxylation is 1. The summed E-state index contributed by atoms with van der Waals surface area (Å²) >= 11 is 0. The van der Waals surface area contributed by atoms with Crippen LogP contribution in [0.15, 0.2) is 17.1 Å². The highest BCUT2D eigenvalue weighted by molar-refractivity contribution is 5.80. The van der Waals surface area contributed by atoms with Crippen molar-refractivity contribution in [3.05, 3.63) is 28.8 Å². The van der Waals surface area contributed by atoms with Crippen LogP contribution in [0.1, 0.15) is 74.5 Å². The first-order chi connectivity index (χ1) is 14.2. The minimum atomic E-state index is 0.411. The van der Waals surface area contributed by atoms with Gasteiger partial charge in [-0.05, 0) is 68.6 Å². The van der Waals surface area contributed by atoms with Gasteiger partial charge in [0.2, 0.25) is 0 Å². The summed E-state index contributed by atoms with van der Waals surface area (Å²) in [6.45, 7) is 3.04. The lowest BCUT2D eigenvalue weighted by Gasteiger charge is -2.39. The largest absolute Gasteiger partial charge is 0.508 e. The standard InChI is InChI=1S/C24H38N4O/c1-25-24(26-17-22-21-10-6-5-7-18(21)11-12-23(22)29)27-19-13-15-28(16-14-19)20-8-3-2-4-9-20/h11-12,19-20,29H,2-10,13-17H2,1H3,(H2,25,26,27). The minimum absolute atomic E-state index is 0.411. The van der Waals surface area contributed by atoms with Crippen molar-refractivity contribution in [1.29, 1.82) is 0 Å². The number of rotatable bonds is 4. The van der Waals surface area contributed by atoms with E-state index in [1.54, 1.807) is 0 Å². The molecule has 4 rings (SSSR count). The molecule has 3 N–H and O–H groups in total. The molecular weight excluding hydrogens is 360 g/mol. The van der Waals surface area contributed by atoms with Crippen LogP contribution in [-0.2, 0) is 19.4 Å². The molecule has 5 heteroatoms. The number of guanidine groups is 1. The van der Waals surface area contributed by atoms with Gasteiger partial charge < -0.3 is 20.6 Å². The van der Waals surface area contributed by atoms with E-state index in [0.717, 1.165) is 30.4 Å². The Balaban J connectivity index is 1.29. The number of aromatic hydroxyl groups is 1. The van der Waals surface area contributed by atoms with Crippen molar-refractivity contribution < 1.29 is 5.11 Å². The highest BCUT2D eigenvalue weighted by atomic mass is 16.3. The third-order valence-electron chi connectivity index (χ3n) is 7.24. The van der Waals surface area contributed by atoms with Crippen molar-refractivity contribution >= 4 is 5.96 Å². The molecule has 5 nitrogen and oxygen atoms in total. The van der Waals surface area contributed by atoms with E-state index < -0.39 is 0 Å². The molecule has 0 radical (unpaired) electrons. The summed E-state index contributed by atoms with van der Waals surface area (Å²) in [6, 6.07) is 5.27. The Morgan fingerprint density at radius 1 is 1.03 bits per heavy atom. The summed E-state index contributed by atoms with van der Waals surface area (Å²) in [5.74, 6) is 1.27. The number of phenols is 1. The molecule has 0 spiro atoms. The van der Waals surface area contributed by atoms with Crippen LogP contribution >= 0.6 is 0 Å². The fourth-order valence-corrected chi connectivity index (χ4v) is 5.50. The lowest BCUT2D eigenvalue weighted by molar-refractivity contribution is 0.119. The van der Waals surface area contributed by atoms with Crippen molar-refractivity contribution in [2.45, 2.75) is 89.3 Å². The minimum Gasteiger partial charge on any atom is -0.508 e. The second-order valence-electron chi connectivity index (χ2n) is 9.08. The van der Waals surface area contributed by atoms with E-state index in [1.165, 1.54) is 82.0 Å². The van der Waals surface area contributed by atoms with Gasteiger partial charge in [0.25, 0.3) is 0 Å². The van der Waals surface area contributed by atoms with Crippen molar-refractivity contribution in [3.63, 3.8) is 0 Å². The summed E-state index contributed by atoms with van der Waals surface area (Å²) < 4.78 is 0. The maximum absolute atomic E-state index is 10.4. The molecule has 1 saturated heterocycles. The van der Waals surface area contributed by atoms with E-state index in [0.29, 0.717) is 18.3 Å². The van der Waals surface area contributed by atoms with E-state index >= 15 is 0 Å². The Kier molecular flexibility index (Phi) is 6.96. The summed E-state index contributed by atoms with van der Waals surface area (Å²) in [5.41, 5.74) is 3.81. The number of nitrogens with zero attached hydrogens (tertiary/aromatic N) is 2. The Morgan fingerprint density at radius 2 is 1.79 bits per heavy atom. The molecular formula is C24H38N4O. The number of piperidine rings is 1. The number of phenolic OH excluding ortho intramolecular Hbond substituents is 1. The molecule has 2 fully saturated rings. The number of benzene rings is 1. The molecule has 0 atom stereocenters. The fraction of sp³-hybridized carbons (Fsp3) is 0.708. The third-order valence-corrected chi connectivity index (χ3v) is 7.24. The topological polar surface area (TPSA) is 59.9 Å². The van der Waals surface area contributed by atoms with Gasteiger partial charge in [-0.15, -0.1) is 0 Å². The zero-order chi connectivity index (χ0) is 20.1. The van der Waals surface area contributed by atoms with Crippen molar-refractivity contribution in [2.24, 2.45) is 4.99 Å². The number of aliphatic imine (C=N–C) groups is 1. The molecule has 0 amide bonds. The SMILES string of the molecule is CN=C(NCc1c(O)ccc2c1CCCC2)NC1CCN(C2CCCCC2)CC1. The molecule has 0 bridgehead atoms. The monoisotopic (exact) mass is 398 g/mol. The molecule has 1 heterocycles. The zero-order valence-corrected chi connectivity index (χ0v) is 18.1. The van der Waals surface area contributed by atoms with E-state index in [9.17, 15) is 5.11 Å². The number of hydrogen-bond donors (Lipinski definition) is 3. The van der Waals surface area contributed by atoms with E-state index in [4.69, 9.17) is 0 Å². The van der Waals surface area contributed by atoms with Gasteiger partial charge in [0, 0.05) is 44.3 Å². The smallest absolute Gasteiger partial charge is 0.191 e. The number of hydrogen-bond acceptors (Lipinski definition) is 3. The molecule has 1 aromatic rings. The Hall–Kier alpha value is -1.75. The maximum atomic E-state index is 10.4. The van der Waals surface area contributed by atoms with Gasteiger partial charge >= 0.3 is 0 Å². The van der Waals surface area contributed by atoms with Crippen LogP contribution in [0.3, 0.4) is 0 Å². The van der Waals surface area contributed by atoms with Crippen LogP contribution in [0.5, 0.6) is 5.75 Å². The molecule has 29 heavy (non-hydrogen) atoms. The lowest BCUT2D eigenvalue weighted by atomic mass is 9.88. The third kappa shape index (κ3) is 5.06. The van der Waals surface area contributed by atoms with Gasteiger partial charge in [0.05, 0.1) is 0 Å². The molecule has 0 aromatic heterocycles. The number of nitrogens with one attached hydrogen (secondary N) is 2. The number of fused-ring (bicyclic) bond motifs is 1. The van der Waals surface area contributed by atoms with Crippen molar-refractivity contribution in [1.82, 2.24) is 15.5 Å². The summed E-state index contributed by atoms with van der Waals surface area (Å²) in [6.07, 6.45) is 14.1. The van der Waals surface area contributed by atoms with Crippen LogP contribution in [-0.4, -0.2) is 48.2 Å². The van der Waals surface area contributed by atoms with E-state index in [1.807, 2.05) is 13.1 Å². The predicted molar refractivity (Wildman–Crippen MR) is 120 cm³/mol. The van der Waals surface area contributed by atoms with Crippen molar-refractivity contribution in [2.75, 3.05) is 20.1 Å². The normalized spacial score (nSPS) is 22.3. The summed E-state index contributed by atoms with van der Waals surface area (Å²) in [4.78, 5) is 7.17. The summed E-state index contributed by atoms with van der Waals surface area (Å²) in [7, 11) is 1.84. The van der Waals surface area contributed by atoms with Crippen LogP contribution in [0, 0.1) is 0 Å². The van der Waals surface area contributed by atoms with Crippen LogP contribution in [0.25, 0.3) is 0 Å². The Bertz CT molecular complexity index is 703. The Labute approximate surface area is 176 Å². The van der Waals surface area contributed by atoms with E-state index in [2.05, 4.69) is 26.6 Å². The first-order valence-corrected chi connectivity index (χ1v) is 11.8. The quantitative estimate of drug-likeness (QED) is 0.534. The van der Waals surface area contributed by atoms with Gasteiger partial charge in [-0.1, -0.05) is 25.3 Å².